The molecule has 0 unspecified atom stereocenters. The molecule has 0 radical (unpaired) electrons. The monoisotopic (exact) mass is 301 g/mol. The number of aromatic nitrogens is 2. The van der Waals surface area contributed by atoms with Crippen LogP contribution in [0.4, 0.5) is 5.82 Å². The van der Waals surface area contributed by atoms with Crippen LogP contribution in [0.15, 0.2) is 4.60 Å². The van der Waals surface area contributed by atoms with Crippen molar-refractivity contribution >= 4 is 21.7 Å². The zero-order valence-corrected chi connectivity index (χ0v) is 12.5. The molecule has 1 aromatic heterocycles. The van der Waals surface area contributed by atoms with E-state index < -0.39 is 0 Å². The summed E-state index contributed by atoms with van der Waals surface area (Å²) in [6.07, 6.45) is 2.98. The first-order valence-corrected chi connectivity index (χ1v) is 6.82. The molecule has 0 aliphatic heterocycles. The Balaban J connectivity index is 3.03. The second-order valence-corrected chi connectivity index (χ2v) is 4.58. The van der Waals surface area contributed by atoms with Crippen LogP contribution in [0.25, 0.3) is 0 Å². The predicted molar refractivity (Wildman–Crippen MR) is 73.7 cm³/mol. The molecule has 0 aromatic carbocycles. The van der Waals surface area contributed by atoms with Gasteiger partial charge in [0, 0.05) is 6.04 Å². The van der Waals surface area contributed by atoms with Crippen LogP contribution in [0.2, 0.25) is 0 Å². The van der Waals surface area contributed by atoms with Crippen LogP contribution in [0, 0.1) is 0 Å². The Morgan fingerprint density at radius 3 is 2.35 bits per heavy atom. The summed E-state index contributed by atoms with van der Waals surface area (Å²) in [5.74, 6) is 1.36. The van der Waals surface area contributed by atoms with E-state index in [0.29, 0.717) is 16.5 Å². The molecule has 96 valence electrons. The van der Waals surface area contributed by atoms with Gasteiger partial charge < -0.3 is 10.1 Å². The summed E-state index contributed by atoms with van der Waals surface area (Å²) >= 11 is 3.36. The van der Waals surface area contributed by atoms with Gasteiger partial charge in [-0.25, -0.2) is 4.98 Å². The number of nitrogens with zero attached hydrogens (tertiary/aromatic N) is 2. The summed E-state index contributed by atoms with van der Waals surface area (Å²) in [4.78, 5) is 8.91. The molecule has 5 heteroatoms. The number of hydrogen-bond donors (Lipinski definition) is 1. The van der Waals surface area contributed by atoms with Gasteiger partial charge >= 0.3 is 0 Å². The number of anilines is 1. The lowest BCUT2D eigenvalue weighted by Crippen LogP contribution is -2.19. The van der Waals surface area contributed by atoms with Crippen molar-refractivity contribution in [2.45, 2.75) is 46.1 Å². The fourth-order valence-electron chi connectivity index (χ4n) is 1.61. The van der Waals surface area contributed by atoms with Crippen LogP contribution < -0.4 is 10.1 Å². The second-order valence-electron chi connectivity index (χ2n) is 3.83. The number of rotatable bonds is 6. The highest BCUT2D eigenvalue weighted by molar-refractivity contribution is 9.10. The van der Waals surface area contributed by atoms with E-state index in [9.17, 15) is 0 Å². The van der Waals surface area contributed by atoms with Crippen LogP contribution >= 0.6 is 15.9 Å². The van der Waals surface area contributed by atoms with Gasteiger partial charge in [-0.2, -0.15) is 4.98 Å². The minimum absolute atomic E-state index is 0.431. The largest absolute Gasteiger partial charge is 0.479 e. The first kappa shape index (κ1) is 14.2. The minimum atomic E-state index is 0.431. The molecule has 0 fully saturated rings. The van der Waals surface area contributed by atoms with E-state index in [4.69, 9.17) is 4.74 Å². The number of ether oxygens (including phenoxy) is 1. The average molecular weight is 302 g/mol. The van der Waals surface area contributed by atoms with Crippen molar-refractivity contribution in [3.05, 3.63) is 10.3 Å². The number of aryl methyl sites for hydroxylation is 1. The Morgan fingerprint density at radius 2 is 1.88 bits per heavy atom. The van der Waals surface area contributed by atoms with Gasteiger partial charge in [0.25, 0.3) is 0 Å². The Hall–Kier alpha value is -0.840. The van der Waals surface area contributed by atoms with Gasteiger partial charge in [0.05, 0.1) is 12.8 Å². The van der Waals surface area contributed by atoms with Crippen LogP contribution in [-0.4, -0.2) is 23.1 Å². The maximum Gasteiger partial charge on any atom is 0.249 e. The van der Waals surface area contributed by atoms with Crippen LogP contribution in [0.3, 0.4) is 0 Å². The van der Waals surface area contributed by atoms with Gasteiger partial charge in [-0.1, -0.05) is 20.8 Å². The molecule has 0 aliphatic rings. The van der Waals surface area contributed by atoms with Crippen molar-refractivity contribution in [1.82, 2.24) is 9.97 Å². The molecular formula is C12H20BrN3O. The lowest BCUT2D eigenvalue weighted by atomic mass is 10.1. The van der Waals surface area contributed by atoms with Gasteiger partial charge in [-0.15, -0.1) is 0 Å². The molecule has 1 aromatic rings. The third-order valence-electron chi connectivity index (χ3n) is 2.75. The minimum Gasteiger partial charge on any atom is -0.479 e. The van der Waals surface area contributed by atoms with Crippen molar-refractivity contribution in [2.24, 2.45) is 0 Å². The van der Waals surface area contributed by atoms with Crippen LogP contribution in [-0.2, 0) is 6.42 Å². The summed E-state index contributed by atoms with van der Waals surface area (Å²) in [5, 5.41) is 3.43. The fraction of sp³-hybridized carbons (Fsp3) is 0.667. The van der Waals surface area contributed by atoms with Crippen LogP contribution in [0.1, 0.15) is 39.3 Å². The summed E-state index contributed by atoms with van der Waals surface area (Å²) < 4.78 is 5.83. The smallest absolute Gasteiger partial charge is 0.249 e. The molecular weight excluding hydrogens is 282 g/mol. The van der Waals surface area contributed by atoms with Gasteiger partial charge in [-0.05, 0) is 35.2 Å². The molecule has 0 spiro atoms. The highest BCUT2D eigenvalue weighted by Gasteiger charge is 2.13. The average Bonchev–Trinajstić information content (AvgIpc) is 2.36. The topological polar surface area (TPSA) is 47.0 Å². The summed E-state index contributed by atoms with van der Waals surface area (Å²) in [7, 11) is 1.60. The molecule has 0 bridgehead atoms. The second kappa shape index (κ2) is 6.79. The van der Waals surface area contributed by atoms with Gasteiger partial charge in [0.15, 0.2) is 10.4 Å². The quantitative estimate of drug-likeness (QED) is 0.875. The Bertz CT molecular complexity index is 367. The molecule has 0 amide bonds. The van der Waals surface area contributed by atoms with Crippen molar-refractivity contribution in [2.75, 3.05) is 12.4 Å². The maximum atomic E-state index is 5.17. The van der Waals surface area contributed by atoms with E-state index >= 15 is 0 Å². The van der Waals surface area contributed by atoms with Gasteiger partial charge in [-0.3, -0.25) is 0 Å². The number of methoxy groups -OCH3 is 1. The Kier molecular flexibility index (Phi) is 5.68. The lowest BCUT2D eigenvalue weighted by molar-refractivity contribution is 0.392. The van der Waals surface area contributed by atoms with Crippen molar-refractivity contribution in [3.63, 3.8) is 0 Å². The van der Waals surface area contributed by atoms with Crippen molar-refractivity contribution in [3.8, 4) is 5.88 Å². The SMILES string of the molecule is CCc1nc(Br)c(OC)nc1NC(CC)CC. The Morgan fingerprint density at radius 1 is 1.24 bits per heavy atom. The van der Waals surface area contributed by atoms with E-state index in [1.54, 1.807) is 7.11 Å². The molecule has 1 N–H and O–H groups in total. The third-order valence-corrected chi connectivity index (χ3v) is 3.27. The highest BCUT2D eigenvalue weighted by atomic mass is 79.9. The molecule has 1 rings (SSSR count). The molecule has 4 nitrogen and oxygen atoms in total. The first-order valence-electron chi connectivity index (χ1n) is 6.03. The zero-order chi connectivity index (χ0) is 12.8. The van der Waals surface area contributed by atoms with Crippen molar-refractivity contribution in [1.29, 1.82) is 0 Å². The standard InChI is InChI=1S/C12H20BrN3O/c1-5-8(6-2)14-11-9(7-3)15-10(13)12(16-11)17-4/h8H,5-7H2,1-4H3,(H,14,16). The molecule has 0 aliphatic carbocycles. The zero-order valence-electron chi connectivity index (χ0n) is 10.9. The maximum absolute atomic E-state index is 5.17. The molecule has 1 heterocycles. The predicted octanol–water partition coefficient (Wildman–Crippen LogP) is 3.41. The third kappa shape index (κ3) is 3.56. The highest BCUT2D eigenvalue weighted by Crippen LogP contribution is 2.25. The summed E-state index contributed by atoms with van der Waals surface area (Å²) in [5.41, 5.74) is 0.963. The van der Waals surface area contributed by atoms with E-state index in [0.717, 1.165) is 30.8 Å². The van der Waals surface area contributed by atoms with Gasteiger partial charge in [0.1, 0.15) is 0 Å². The molecule has 0 atom stereocenters. The first-order chi connectivity index (χ1) is 8.15. The molecule has 0 saturated heterocycles. The van der Waals surface area contributed by atoms with Crippen LogP contribution in [0.5, 0.6) is 5.88 Å². The molecule has 0 saturated carbocycles. The summed E-state index contributed by atoms with van der Waals surface area (Å²) in [6, 6.07) is 0.431. The number of hydrogen-bond acceptors (Lipinski definition) is 4. The van der Waals surface area contributed by atoms with E-state index in [1.165, 1.54) is 0 Å². The summed E-state index contributed by atoms with van der Waals surface area (Å²) in [6.45, 7) is 6.40. The van der Waals surface area contributed by atoms with E-state index in [1.807, 2.05) is 0 Å². The number of halogens is 1. The van der Waals surface area contributed by atoms with Crippen molar-refractivity contribution < 1.29 is 4.74 Å². The van der Waals surface area contributed by atoms with E-state index in [2.05, 4.69) is 52.0 Å². The van der Waals surface area contributed by atoms with E-state index in [-0.39, 0.29) is 0 Å². The normalized spacial score (nSPS) is 10.7. The number of nitrogens with one attached hydrogen (secondary N) is 1. The Labute approximate surface area is 111 Å². The lowest BCUT2D eigenvalue weighted by Gasteiger charge is -2.18. The molecule has 17 heavy (non-hydrogen) atoms. The fourth-order valence-corrected chi connectivity index (χ4v) is 2.07. The van der Waals surface area contributed by atoms with Gasteiger partial charge in [0.2, 0.25) is 5.88 Å².